The minimum Gasteiger partial charge on any atom is -0.494 e. The summed E-state index contributed by atoms with van der Waals surface area (Å²) in [5.41, 5.74) is 6.43. The summed E-state index contributed by atoms with van der Waals surface area (Å²) in [6.45, 7) is 4.55. The van der Waals surface area contributed by atoms with Crippen LogP contribution in [0.15, 0.2) is 65.1 Å². The Bertz CT molecular complexity index is 1070. The van der Waals surface area contributed by atoms with Gasteiger partial charge in [-0.1, -0.05) is 23.7 Å². The Kier molecular flexibility index (Phi) is 4.49. The molecular formula is C23H21ClN2O3. The molecule has 0 bridgehead atoms. The van der Waals surface area contributed by atoms with Gasteiger partial charge < -0.3 is 19.3 Å². The Hall–Kier alpha value is -2.89. The quantitative estimate of drug-likeness (QED) is 0.605. The number of benzene rings is 2. The Balaban J connectivity index is 1.54. The largest absolute Gasteiger partial charge is 0.494 e. The first-order valence-electron chi connectivity index (χ1n) is 9.65. The molecule has 2 atom stereocenters. The zero-order valence-electron chi connectivity index (χ0n) is 16.2. The predicted octanol–water partition coefficient (Wildman–Crippen LogP) is 5.63. The van der Waals surface area contributed by atoms with E-state index in [1.807, 2.05) is 68.4 Å². The van der Waals surface area contributed by atoms with Gasteiger partial charge in [0.25, 0.3) is 0 Å². The lowest BCUT2D eigenvalue weighted by atomic mass is 10.0. The van der Waals surface area contributed by atoms with Crippen LogP contribution in [0.25, 0.3) is 5.70 Å². The Labute approximate surface area is 174 Å². The second-order valence-corrected chi connectivity index (χ2v) is 7.55. The van der Waals surface area contributed by atoms with Gasteiger partial charge in [0.05, 0.1) is 18.3 Å². The van der Waals surface area contributed by atoms with Crippen molar-refractivity contribution in [3.63, 3.8) is 0 Å². The van der Waals surface area contributed by atoms with Crippen LogP contribution in [0.4, 0.5) is 0 Å². The van der Waals surface area contributed by atoms with E-state index >= 15 is 0 Å². The summed E-state index contributed by atoms with van der Waals surface area (Å²) in [5, 5.41) is 2.77. The first-order valence-corrected chi connectivity index (χ1v) is 10.0. The average molecular weight is 409 g/mol. The number of rotatable bonds is 4. The molecule has 29 heavy (non-hydrogen) atoms. The maximum absolute atomic E-state index is 6.38. The van der Waals surface area contributed by atoms with Gasteiger partial charge >= 0.3 is 0 Å². The van der Waals surface area contributed by atoms with Crippen molar-refractivity contribution in [1.29, 1.82) is 0 Å². The van der Waals surface area contributed by atoms with Crippen LogP contribution in [-0.4, -0.2) is 11.6 Å². The minimum atomic E-state index is -0.311. The molecule has 2 aliphatic rings. The van der Waals surface area contributed by atoms with E-state index in [0.29, 0.717) is 11.6 Å². The van der Waals surface area contributed by atoms with Gasteiger partial charge in [-0.3, -0.25) is 0 Å². The third-order valence-electron chi connectivity index (χ3n) is 5.14. The zero-order valence-corrected chi connectivity index (χ0v) is 16.9. The molecule has 1 aromatic heterocycles. The fourth-order valence-electron chi connectivity index (χ4n) is 3.80. The van der Waals surface area contributed by atoms with Gasteiger partial charge in [-0.2, -0.15) is 5.01 Å². The smallest absolute Gasteiger partial charge is 0.195 e. The molecular weight excluding hydrogens is 388 g/mol. The maximum atomic E-state index is 6.38. The van der Waals surface area contributed by atoms with Crippen LogP contribution < -0.4 is 14.9 Å². The van der Waals surface area contributed by atoms with E-state index in [-0.39, 0.29) is 12.3 Å². The molecule has 5 nitrogen and oxygen atoms in total. The standard InChI is InChI=1S/C23H21ClN2O3/c1-3-27-17-8-5-15(6-9-17)23-26-20(18-12-16(24)7-11-21(18)29-23)13-19(25-26)22-10-4-14(2)28-22/h4-13,20,23,25H,3H2,1-2H3/t20-,23+/m1/s1. The van der Waals surface area contributed by atoms with Gasteiger partial charge in [0.2, 0.25) is 0 Å². The number of hydrazine groups is 1. The van der Waals surface area contributed by atoms with Gasteiger partial charge in [-0.15, -0.1) is 0 Å². The summed E-state index contributed by atoms with van der Waals surface area (Å²) in [7, 11) is 0. The Morgan fingerprint density at radius 2 is 1.93 bits per heavy atom. The molecule has 0 saturated carbocycles. The third-order valence-corrected chi connectivity index (χ3v) is 5.37. The zero-order chi connectivity index (χ0) is 20.0. The molecule has 0 fully saturated rings. The maximum Gasteiger partial charge on any atom is 0.195 e. The van der Waals surface area contributed by atoms with E-state index in [0.717, 1.165) is 39.8 Å². The lowest BCUT2D eigenvalue weighted by molar-refractivity contribution is -0.0328. The molecule has 0 radical (unpaired) electrons. The molecule has 5 rings (SSSR count). The van der Waals surface area contributed by atoms with Crippen molar-refractivity contribution >= 4 is 17.3 Å². The third kappa shape index (κ3) is 3.26. The first kappa shape index (κ1) is 18.2. The van der Waals surface area contributed by atoms with Gasteiger partial charge in [-0.05, 0) is 62.4 Å². The summed E-state index contributed by atoms with van der Waals surface area (Å²) >= 11 is 6.28. The van der Waals surface area contributed by atoms with Crippen molar-refractivity contribution in [3.05, 3.63) is 88.3 Å². The first-order chi connectivity index (χ1) is 14.1. The Morgan fingerprint density at radius 1 is 1.10 bits per heavy atom. The topological polar surface area (TPSA) is 46.9 Å². The monoisotopic (exact) mass is 408 g/mol. The molecule has 0 amide bonds. The molecule has 0 aliphatic carbocycles. The van der Waals surface area contributed by atoms with Crippen LogP contribution in [0.3, 0.4) is 0 Å². The van der Waals surface area contributed by atoms with Gasteiger partial charge in [0.1, 0.15) is 17.3 Å². The number of ether oxygens (including phenoxy) is 2. The van der Waals surface area contributed by atoms with E-state index in [1.165, 1.54) is 0 Å². The number of fused-ring (bicyclic) bond motifs is 3. The van der Waals surface area contributed by atoms with Gasteiger partial charge in [-0.25, -0.2) is 0 Å². The summed E-state index contributed by atoms with van der Waals surface area (Å²) in [5.74, 6) is 3.33. The van der Waals surface area contributed by atoms with Crippen LogP contribution in [0.1, 0.15) is 41.8 Å². The van der Waals surface area contributed by atoms with E-state index in [9.17, 15) is 0 Å². The molecule has 148 valence electrons. The van der Waals surface area contributed by atoms with Crippen LogP contribution >= 0.6 is 11.6 Å². The second-order valence-electron chi connectivity index (χ2n) is 7.11. The van der Waals surface area contributed by atoms with Crippen LogP contribution in [0.5, 0.6) is 11.5 Å². The second kappa shape index (κ2) is 7.17. The van der Waals surface area contributed by atoms with E-state index < -0.39 is 0 Å². The highest BCUT2D eigenvalue weighted by Crippen LogP contribution is 2.46. The van der Waals surface area contributed by atoms with Gasteiger partial charge in [0, 0.05) is 16.1 Å². The molecule has 1 N–H and O–H groups in total. The van der Waals surface area contributed by atoms with Crippen LogP contribution in [0, 0.1) is 6.92 Å². The fourth-order valence-corrected chi connectivity index (χ4v) is 3.98. The van der Waals surface area contributed by atoms with Gasteiger partial charge in [0.15, 0.2) is 12.0 Å². The lowest BCUT2D eigenvalue weighted by Crippen LogP contribution is -2.43. The summed E-state index contributed by atoms with van der Waals surface area (Å²) in [6.07, 6.45) is 1.84. The summed E-state index contributed by atoms with van der Waals surface area (Å²) in [4.78, 5) is 0. The average Bonchev–Trinajstić information content (AvgIpc) is 3.35. The number of aryl methyl sites for hydroxylation is 1. The lowest BCUT2D eigenvalue weighted by Gasteiger charge is -2.39. The van der Waals surface area contributed by atoms with Crippen LogP contribution in [0.2, 0.25) is 5.02 Å². The van der Waals surface area contributed by atoms with E-state index in [1.54, 1.807) is 0 Å². The number of halogens is 1. The van der Waals surface area contributed by atoms with E-state index in [4.69, 9.17) is 25.5 Å². The van der Waals surface area contributed by atoms with Crippen molar-refractivity contribution in [3.8, 4) is 11.5 Å². The molecule has 3 heterocycles. The van der Waals surface area contributed by atoms with Crippen molar-refractivity contribution < 1.29 is 13.9 Å². The number of furan rings is 1. The predicted molar refractivity (Wildman–Crippen MR) is 112 cm³/mol. The highest BCUT2D eigenvalue weighted by Gasteiger charge is 2.40. The molecule has 2 aliphatic heterocycles. The highest BCUT2D eigenvalue weighted by atomic mass is 35.5. The molecule has 2 aromatic carbocycles. The number of nitrogens with one attached hydrogen (secondary N) is 1. The van der Waals surface area contributed by atoms with Crippen molar-refractivity contribution in [1.82, 2.24) is 10.4 Å². The van der Waals surface area contributed by atoms with E-state index in [2.05, 4.69) is 16.5 Å². The van der Waals surface area contributed by atoms with Crippen molar-refractivity contribution in [2.75, 3.05) is 6.61 Å². The highest BCUT2D eigenvalue weighted by molar-refractivity contribution is 6.30. The summed E-state index contributed by atoms with van der Waals surface area (Å²) in [6, 6.07) is 17.6. The minimum absolute atomic E-state index is 0.0329. The molecule has 0 spiro atoms. The Morgan fingerprint density at radius 3 is 2.66 bits per heavy atom. The number of nitrogens with zero attached hydrogens (tertiary/aromatic N) is 1. The molecule has 0 unspecified atom stereocenters. The number of hydrogen-bond donors (Lipinski definition) is 1. The summed E-state index contributed by atoms with van der Waals surface area (Å²) < 4.78 is 17.8. The van der Waals surface area contributed by atoms with Crippen molar-refractivity contribution in [2.45, 2.75) is 26.1 Å². The van der Waals surface area contributed by atoms with Crippen LogP contribution in [-0.2, 0) is 0 Å². The number of hydrogen-bond acceptors (Lipinski definition) is 5. The normalized spacial score (nSPS) is 20.3. The molecule has 0 saturated heterocycles. The fraction of sp³-hybridized carbons (Fsp3) is 0.217. The van der Waals surface area contributed by atoms with Crippen molar-refractivity contribution in [2.24, 2.45) is 0 Å². The molecule has 6 heteroatoms. The molecule has 3 aromatic rings. The SMILES string of the molecule is CCOc1ccc([C@@H]2Oc3ccc(Cl)cc3[C@H]3C=C(c4ccc(C)o4)NN32)cc1.